The number of rotatable bonds is 9. The third-order valence-electron chi connectivity index (χ3n) is 6.43. The molecule has 204 valence electrons. The molecule has 4 rings (SSSR count). The molecule has 0 spiro atoms. The lowest BCUT2D eigenvalue weighted by Gasteiger charge is -2.37. The summed E-state index contributed by atoms with van der Waals surface area (Å²) in [6.07, 6.45) is 1.79. The predicted octanol–water partition coefficient (Wildman–Crippen LogP) is 4.56. The van der Waals surface area contributed by atoms with E-state index >= 15 is 0 Å². The summed E-state index contributed by atoms with van der Waals surface area (Å²) in [5, 5.41) is 16.3. The van der Waals surface area contributed by atoms with Crippen molar-refractivity contribution in [3.05, 3.63) is 61.7 Å². The Kier molecular flexibility index (Phi) is 9.10. The molecule has 1 fully saturated rings. The quantitative estimate of drug-likeness (QED) is 0.415. The van der Waals surface area contributed by atoms with Gasteiger partial charge in [0.15, 0.2) is 10.8 Å². The van der Waals surface area contributed by atoms with Gasteiger partial charge in [-0.25, -0.2) is 9.78 Å². The summed E-state index contributed by atoms with van der Waals surface area (Å²) in [4.78, 5) is 36.4. The number of benzene rings is 1. The minimum Gasteiger partial charge on any atom is -0.481 e. The molecule has 38 heavy (non-hydrogen) atoms. The Morgan fingerprint density at radius 3 is 2.79 bits per heavy atom. The first-order chi connectivity index (χ1) is 18.1. The van der Waals surface area contributed by atoms with E-state index in [-0.39, 0.29) is 12.7 Å². The summed E-state index contributed by atoms with van der Waals surface area (Å²) in [6, 6.07) is 4.36. The second-order valence-corrected chi connectivity index (χ2v) is 11.5. The standard InChI is InChI=1S/C26H30Cl2N4O5S/c1-4-36-24(33)20-19(14-32-8-9-37-16(13-32)12-26(2,3)25(34)35)30-22(23-29-7-10-38-23)31-21(20)17-6-5-15(27)11-18(17)28/h5-7,10-11,16,21H,4,8-9,12-14H2,1-3H3,(H,30,31)(H,34,35)/t16?,21-/m0/s1. The van der Waals surface area contributed by atoms with Crippen LogP contribution in [0.3, 0.4) is 0 Å². The van der Waals surface area contributed by atoms with Crippen molar-refractivity contribution in [2.75, 3.05) is 32.8 Å². The number of morpholine rings is 1. The van der Waals surface area contributed by atoms with Gasteiger partial charge in [-0.2, -0.15) is 0 Å². The molecule has 0 amide bonds. The van der Waals surface area contributed by atoms with Crippen molar-refractivity contribution in [2.45, 2.75) is 39.3 Å². The van der Waals surface area contributed by atoms with E-state index in [0.717, 1.165) is 0 Å². The van der Waals surface area contributed by atoms with Gasteiger partial charge in [0.05, 0.1) is 30.3 Å². The van der Waals surface area contributed by atoms with Gasteiger partial charge in [-0.3, -0.25) is 14.7 Å². The molecule has 12 heteroatoms. The van der Waals surface area contributed by atoms with E-state index in [9.17, 15) is 14.7 Å². The molecular weight excluding hydrogens is 551 g/mol. The molecule has 3 heterocycles. The molecule has 0 aliphatic carbocycles. The van der Waals surface area contributed by atoms with Crippen LogP contribution in [0.5, 0.6) is 0 Å². The van der Waals surface area contributed by atoms with Crippen LogP contribution in [0.25, 0.3) is 0 Å². The molecule has 2 atom stereocenters. The number of thiazole rings is 1. The molecular formula is C26H30Cl2N4O5S. The number of hydrogen-bond donors (Lipinski definition) is 2. The molecule has 1 unspecified atom stereocenters. The maximum Gasteiger partial charge on any atom is 0.338 e. The van der Waals surface area contributed by atoms with Gasteiger partial charge in [0.25, 0.3) is 0 Å². The number of nitrogens with zero attached hydrogens (tertiary/aromatic N) is 3. The zero-order valence-electron chi connectivity index (χ0n) is 21.4. The minimum atomic E-state index is -0.923. The predicted molar refractivity (Wildman–Crippen MR) is 147 cm³/mol. The van der Waals surface area contributed by atoms with Gasteiger partial charge in [0.2, 0.25) is 0 Å². The van der Waals surface area contributed by atoms with Crippen LogP contribution in [-0.2, 0) is 19.1 Å². The maximum atomic E-state index is 13.4. The Balaban J connectivity index is 1.71. The van der Waals surface area contributed by atoms with E-state index in [4.69, 9.17) is 37.7 Å². The van der Waals surface area contributed by atoms with Crippen molar-refractivity contribution in [1.82, 2.24) is 15.2 Å². The normalized spacial score (nSPS) is 20.6. The molecule has 2 aromatic rings. The van der Waals surface area contributed by atoms with Crippen LogP contribution < -0.4 is 5.32 Å². The summed E-state index contributed by atoms with van der Waals surface area (Å²) >= 11 is 14.2. The highest BCUT2D eigenvalue weighted by molar-refractivity contribution is 7.11. The number of amidine groups is 1. The fourth-order valence-corrected chi connectivity index (χ4v) is 5.59. The zero-order valence-corrected chi connectivity index (χ0v) is 23.7. The van der Waals surface area contributed by atoms with Gasteiger partial charge in [-0.1, -0.05) is 29.3 Å². The van der Waals surface area contributed by atoms with Gasteiger partial charge in [0.1, 0.15) is 6.04 Å². The highest BCUT2D eigenvalue weighted by Gasteiger charge is 2.37. The molecule has 0 bridgehead atoms. The lowest BCUT2D eigenvalue weighted by molar-refractivity contribution is -0.150. The molecule has 1 saturated heterocycles. The zero-order chi connectivity index (χ0) is 27.4. The van der Waals surface area contributed by atoms with Crippen LogP contribution in [0.1, 0.15) is 43.8 Å². The molecule has 1 aromatic carbocycles. The molecule has 1 aromatic heterocycles. The Bertz CT molecular complexity index is 1250. The lowest BCUT2D eigenvalue weighted by atomic mass is 9.86. The highest BCUT2D eigenvalue weighted by atomic mass is 35.5. The number of ether oxygens (including phenoxy) is 2. The van der Waals surface area contributed by atoms with Crippen molar-refractivity contribution >= 4 is 52.3 Å². The summed E-state index contributed by atoms with van der Waals surface area (Å²) in [7, 11) is 0. The van der Waals surface area contributed by atoms with Crippen LogP contribution in [0, 0.1) is 5.41 Å². The van der Waals surface area contributed by atoms with Gasteiger partial charge in [0, 0.05) is 52.5 Å². The molecule has 0 radical (unpaired) electrons. The van der Waals surface area contributed by atoms with Crippen molar-refractivity contribution in [1.29, 1.82) is 0 Å². The number of halogens is 2. The number of carbonyl (C=O) groups is 2. The van der Waals surface area contributed by atoms with E-state index in [1.807, 2.05) is 5.38 Å². The molecule has 2 aliphatic heterocycles. The van der Waals surface area contributed by atoms with Crippen molar-refractivity contribution in [3.63, 3.8) is 0 Å². The minimum absolute atomic E-state index is 0.198. The van der Waals surface area contributed by atoms with E-state index in [1.54, 1.807) is 45.2 Å². The number of carboxylic acids is 1. The molecule has 2 aliphatic rings. The smallest absolute Gasteiger partial charge is 0.338 e. The van der Waals surface area contributed by atoms with Crippen molar-refractivity contribution < 1.29 is 24.2 Å². The number of carboxylic acid groups (broad SMARTS) is 1. The van der Waals surface area contributed by atoms with Gasteiger partial charge < -0.3 is 19.9 Å². The second kappa shape index (κ2) is 12.1. The summed E-state index contributed by atoms with van der Waals surface area (Å²) in [5.74, 6) is -0.841. The number of nitrogens with one attached hydrogen (secondary N) is 1. The first-order valence-electron chi connectivity index (χ1n) is 12.3. The number of aromatic nitrogens is 1. The topological polar surface area (TPSA) is 113 Å². The Morgan fingerprint density at radius 1 is 1.34 bits per heavy atom. The van der Waals surface area contributed by atoms with Gasteiger partial charge >= 0.3 is 11.9 Å². The fourth-order valence-electron chi connectivity index (χ4n) is 4.49. The van der Waals surface area contributed by atoms with E-state index in [1.165, 1.54) is 11.3 Å². The number of aliphatic imine (C=N–C) groups is 1. The first-order valence-corrected chi connectivity index (χ1v) is 13.9. The SMILES string of the molecule is CCOC(=O)C1=C(CN2CCOC(CC(C)(C)C(=O)O)C2)NC(c2nccs2)=N[C@H]1c1ccc(Cl)cc1Cl. The monoisotopic (exact) mass is 580 g/mol. The second-order valence-electron chi connectivity index (χ2n) is 9.74. The number of aliphatic carboxylic acids is 1. The first kappa shape index (κ1) is 28.5. The largest absolute Gasteiger partial charge is 0.481 e. The molecule has 9 nitrogen and oxygen atoms in total. The summed E-state index contributed by atoms with van der Waals surface area (Å²) < 4.78 is 11.4. The molecule has 2 N–H and O–H groups in total. The highest BCUT2D eigenvalue weighted by Crippen LogP contribution is 2.38. The number of carbonyl (C=O) groups excluding carboxylic acids is 1. The Hall–Kier alpha value is -2.50. The van der Waals surface area contributed by atoms with E-state index in [0.29, 0.717) is 70.4 Å². The number of esters is 1. The third-order valence-corrected chi connectivity index (χ3v) is 7.78. The van der Waals surface area contributed by atoms with E-state index < -0.39 is 23.4 Å². The molecule has 0 saturated carbocycles. The fraction of sp³-hybridized carbons (Fsp3) is 0.462. The lowest BCUT2D eigenvalue weighted by Crippen LogP contribution is -2.48. The van der Waals surface area contributed by atoms with Gasteiger partial charge in [-0.15, -0.1) is 11.3 Å². The van der Waals surface area contributed by atoms with Crippen LogP contribution >= 0.6 is 34.5 Å². The average molecular weight is 582 g/mol. The van der Waals surface area contributed by atoms with Crippen molar-refractivity contribution in [2.24, 2.45) is 10.4 Å². The van der Waals surface area contributed by atoms with Gasteiger partial charge in [-0.05, 0) is 39.3 Å². The number of hydrogen-bond acceptors (Lipinski definition) is 9. The maximum absolute atomic E-state index is 13.4. The summed E-state index contributed by atoms with van der Waals surface area (Å²) in [5.41, 5.74) is 0.672. The van der Waals surface area contributed by atoms with Crippen LogP contribution in [0.15, 0.2) is 46.0 Å². The third kappa shape index (κ3) is 6.55. The summed E-state index contributed by atoms with van der Waals surface area (Å²) in [6.45, 7) is 7.27. The van der Waals surface area contributed by atoms with Crippen LogP contribution in [0.4, 0.5) is 0 Å². The van der Waals surface area contributed by atoms with Crippen molar-refractivity contribution in [3.8, 4) is 0 Å². The van der Waals surface area contributed by atoms with E-state index in [2.05, 4.69) is 15.2 Å². The average Bonchev–Trinajstić information content (AvgIpc) is 3.39. The van der Waals surface area contributed by atoms with Crippen LogP contribution in [-0.4, -0.2) is 71.7 Å². The van der Waals surface area contributed by atoms with Crippen LogP contribution in [0.2, 0.25) is 10.0 Å². The Labute approximate surface area is 235 Å². The Morgan fingerprint density at radius 2 is 2.13 bits per heavy atom.